The van der Waals surface area contributed by atoms with Crippen molar-refractivity contribution in [2.24, 2.45) is 5.92 Å². The zero-order valence-electron chi connectivity index (χ0n) is 8.15. The summed E-state index contributed by atoms with van der Waals surface area (Å²) in [5.74, 6) is -0.368. The normalized spacial score (nSPS) is 14.1. The van der Waals surface area contributed by atoms with Gasteiger partial charge in [0.25, 0.3) is 0 Å². The third kappa shape index (κ3) is 4.86. The Hall–Kier alpha value is -0.600. The molecule has 1 unspecified atom stereocenters. The van der Waals surface area contributed by atoms with Crippen LogP contribution in [0, 0.1) is 17.2 Å². The van der Waals surface area contributed by atoms with E-state index in [2.05, 4.69) is 0 Å². The SMILES string of the molecule is COC(CS(=O)(=O)CC#N)C(C)C. The minimum Gasteiger partial charge on any atom is -0.380 e. The fourth-order valence-corrected chi connectivity index (χ4v) is 2.28. The number of hydrogen-bond acceptors (Lipinski definition) is 4. The minimum atomic E-state index is -3.27. The highest BCUT2D eigenvalue weighted by Crippen LogP contribution is 2.08. The first kappa shape index (κ1) is 12.4. The van der Waals surface area contributed by atoms with Gasteiger partial charge >= 0.3 is 0 Å². The van der Waals surface area contributed by atoms with Gasteiger partial charge in [0.15, 0.2) is 9.84 Å². The maximum atomic E-state index is 11.2. The third-order valence-corrected chi connectivity index (χ3v) is 3.15. The molecule has 0 N–H and O–H groups in total. The number of nitrogens with zero attached hydrogens (tertiary/aromatic N) is 1. The number of rotatable bonds is 5. The van der Waals surface area contributed by atoms with E-state index in [4.69, 9.17) is 10.00 Å². The minimum absolute atomic E-state index is 0.0747. The summed E-state index contributed by atoms with van der Waals surface area (Å²) in [5.41, 5.74) is 0. The van der Waals surface area contributed by atoms with Crippen molar-refractivity contribution < 1.29 is 13.2 Å². The Kier molecular flexibility index (Phi) is 4.96. The van der Waals surface area contributed by atoms with Crippen LogP contribution in [0.1, 0.15) is 13.8 Å². The third-order valence-electron chi connectivity index (χ3n) is 1.75. The maximum absolute atomic E-state index is 11.2. The molecule has 0 aliphatic carbocycles. The van der Waals surface area contributed by atoms with Gasteiger partial charge < -0.3 is 4.74 Å². The summed E-state index contributed by atoms with van der Waals surface area (Å²) in [6.45, 7) is 3.77. The van der Waals surface area contributed by atoms with Crippen LogP contribution in [0.5, 0.6) is 0 Å². The van der Waals surface area contributed by atoms with Gasteiger partial charge in [-0.25, -0.2) is 8.42 Å². The van der Waals surface area contributed by atoms with E-state index in [1.165, 1.54) is 7.11 Å². The molecule has 4 nitrogen and oxygen atoms in total. The Balaban J connectivity index is 4.33. The van der Waals surface area contributed by atoms with Crippen molar-refractivity contribution in [1.82, 2.24) is 0 Å². The van der Waals surface area contributed by atoms with Crippen LogP contribution in [0.15, 0.2) is 0 Å². The highest BCUT2D eigenvalue weighted by Gasteiger charge is 2.21. The standard InChI is InChI=1S/C8H15NO3S/c1-7(2)8(12-3)6-13(10,11)5-4-9/h7-8H,5-6H2,1-3H3. The van der Waals surface area contributed by atoms with Gasteiger partial charge in [0.05, 0.1) is 17.9 Å². The molecule has 0 spiro atoms. The lowest BCUT2D eigenvalue weighted by atomic mass is 10.1. The number of hydrogen-bond donors (Lipinski definition) is 0. The smallest absolute Gasteiger partial charge is 0.166 e. The Morgan fingerprint density at radius 3 is 2.31 bits per heavy atom. The molecule has 5 heteroatoms. The summed E-state index contributed by atoms with van der Waals surface area (Å²) in [7, 11) is -1.80. The molecule has 0 rings (SSSR count). The van der Waals surface area contributed by atoms with Gasteiger partial charge in [-0.1, -0.05) is 13.8 Å². The molecule has 0 aliphatic rings. The van der Waals surface area contributed by atoms with Gasteiger partial charge in [-0.2, -0.15) is 5.26 Å². The summed E-state index contributed by atoms with van der Waals surface area (Å²) in [5, 5.41) is 8.26. The van der Waals surface area contributed by atoms with E-state index in [9.17, 15) is 8.42 Å². The highest BCUT2D eigenvalue weighted by molar-refractivity contribution is 7.91. The summed E-state index contributed by atoms with van der Waals surface area (Å²) in [4.78, 5) is 0. The molecular formula is C8H15NO3S. The van der Waals surface area contributed by atoms with Crippen LogP contribution < -0.4 is 0 Å². The molecule has 0 bridgehead atoms. The van der Waals surface area contributed by atoms with Gasteiger partial charge in [-0.3, -0.25) is 0 Å². The average Bonchev–Trinajstić information content (AvgIpc) is 1.99. The first-order valence-corrected chi connectivity index (χ1v) is 5.85. The van der Waals surface area contributed by atoms with Gasteiger partial charge in [0.1, 0.15) is 5.75 Å². The van der Waals surface area contributed by atoms with E-state index in [0.29, 0.717) is 0 Å². The van der Waals surface area contributed by atoms with Crippen LogP contribution in [0.3, 0.4) is 0 Å². The first-order chi connectivity index (χ1) is 5.93. The van der Waals surface area contributed by atoms with E-state index in [1.807, 2.05) is 13.8 Å². The molecule has 0 saturated carbocycles. The molecule has 76 valence electrons. The van der Waals surface area contributed by atoms with Crippen LogP contribution in [0.25, 0.3) is 0 Å². The molecule has 1 atom stereocenters. The number of ether oxygens (including phenoxy) is 1. The van der Waals surface area contributed by atoms with E-state index in [0.717, 1.165) is 0 Å². The van der Waals surface area contributed by atoms with E-state index in [1.54, 1.807) is 6.07 Å². The first-order valence-electron chi connectivity index (χ1n) is 4.03. The van der Waals surface area contributed by atoms with Crippen molar-refractivity contribution >= 4 is 9.84 Å². The second-order valence-electron chi connectivity index (χ2n) is 3.23. The van der Waals surface area contributed by atoms with Crippen LogP contribution in [-0.2, 0) is 14.6 Å². The van der Waals surface area contributed by atoms with E-state index in [-0.39, 0.29) is 17.8 Å². The van der Waals surface area contributed by atoms with Crippen molar-refractivity contribution in [3.63, 3.8) is 0 Å². The van der Waals surface area contributed by atoms with Crippen molar-refractivity contribution in [2.75, 3.05) is 18.6 Å². The zero-order valence-corrected chi connectivity index (χ0v) is 8.97. The van der Waals surface area contributed by atoms with Gasteiger partial charge in [0.2, 0.25) is 0 Å². The molecule has 0 aliphatic heterocycles. The fourth-order valence-electron chi connectivity index (χ4n) is 0.940. The summed E-state index contributed by atoms with van der Waals surface area (Å²) in [6.07, 6.45) is -0.321. The number of methoxy groups -OCH3 is 1. The van der Waals surface area contributed by atoms with Gasteiger partial charge in [0, 0.05) is 7.11 Å². The zero-order chi connectivity index (χ0) is 10.5. The second-order valence-corrected chi connectivity index (χ2v) is 5.34. The molecule has 0 aromatic rings. The molecule has 0 aromatic carbocycles. The predicted molar refractivity (Wildman–Crippen MR) is 49.9 cm³/mol. The summed E-state index contributed by atoms with van der Waals surface area (Å²) in [6, 6.07) is 1.63. The van der Waals surface area contributed by atoms with E-state index < -0.39 is 15.6 Å². The summed E-state index contributed by atoms with van der Waals surface area (Å²) < 4.78 is 27.4. The van der Waals surface area contributed by atoms with E-state index >= 15 is 0 Å². The van der Waals surface area contributed by atoms with Crippen LogP contribution >= 0.6 is 0 Å². The van der Waals surface area contributed by atoms with Gasteiger partial charge in [-0.15, -0.1) is 0 Å². The number of sulfone groups is 1. The van der Waals surface area contributed by atoms with Crippen LogP contribution in [0.2, 0.25) is 0 Å². The van der Waals surface area contributed by atoms with Crippen LogP contribution in [0.4, 0.5) is 0 Å². The molecular weight excluding hydrogens is 190 g/mol. The Morgan fingerprint density at radius 1 is 1.46 bits per heavy atom. The fraction of sp³-hybridized carbons (Fsp3) is 0.875. The largest absolute Gasteiger partial charge is 0.380 e. The monoisotopic (exact) mass is 205 g/mol. The molecule has 0 saturated heterocycles. The molecule has 0 radical (unpaired) electrons. The molecule has 13 heavy (non-hydrogen) atoms. The lowest BCUT2D eigenvalue weighted by Crippen LogP contribution is -2.29. The van der Waals surface area contributed by atoms with Crippen molar-refractivity contribution in [2.45, 2.75) is 20.0 Å². The van der Waals surface area contributed by atoms with Crippen molar-refractivity contribution in [1.29, 1.82) is 5.26 Å². The van der Waals surface area contributed by atoms with Crippen LogP contribution in [-0.4, -0.2) is 33.1 Å². The lowest BCUT2D eigenvalue weighted by molar-refractivity contribution is 0.0829. The Morgan fingerprint density at radius 2 is 2.00 bits per heavy atom. The molecule has 0 heterocycles. The molecule has 0 fully saturated rings. The average molecular weight is 205 g/mol. The second kappa shape index (κ2) is 5.20. The van der Waals surface area contributed by atoms with Gasteiger partial charge in [-0.05, 0) is 5.92 Å². The lowest BCUT2D eigenvalue weighted by Gasteiger charge is -2.17. The Bertz CT molecular complexity index is 276. The molecule has 0 amide bonds. The quantitative estimate of drug-likeness (QED) is 0.659. The maximum Gasteiger partial charge on any atom is 0.166 e. The van der Waals surface area contributed by atoms with Crippen molar-refractivity contribution in [3.8, 4) is 6.07 Å². The summed E-state index contributed by atoms with van der Waals surface area (Å²) >= 11 is 0. The molecule has 0 aromatic heterocycles. The highest BCUT2D eigenvalue weighted by atomic mass is 32.2. The topological polar surface area (TPSA) is 67.2 Å². The Labute approximate surface area is 79.4 Å². The predicted octanol–water partition coefficient (Wildman–Crippen LogP) is 0.596. The number of nitriles is 1. The van der Waals surface area contributed by atoms with Crippen molar-refractivity contribution in [3.05, 3.63) is 0 Å².